The molecule has 1 saturated heterocycles. The second kappa shape index (κ2) is 5.12. The van der Waals surface area contributed by atoms with Crippen LogP contribution in [-0.2, 0) is 6.54 Å². The molecule has 0 aliphatic carbocycles. The van der Waals surface area contributed by atoms with Gasteiger partial charge in [0.15, 0.2) is 0 Å². The Morgan fingerprint density at radius 1 is 1.71 bits per heavy atom. The third-order valence-corrected chi connectivity index (χ3v) is 4.26. The maximum Gasteiger partial charge on any atom is 0.324 e. The van der Waals surface area contributed by atoms with Crippen molar-refractivity contribution in [3.63, 3.8) is 0 Å². The van der Waals surface area contributed by atoms with Gasteiger partial charge >= 0.3 is 5.00 Å². The van der Waals surface area contributed by atoms with Crippen molar-refractivity contribution in [1.82, 2.24) is 4.90 Å². The van der Waals surface area contributed by atoms with E-state index in [1.165, 1.54) is 11.3 Å². The third kappa shape index (κ3) is 3.02. The molecule has 1 aromatic heterocycles. The summed E-state index contributed by atoms with van der Waals surface area (Å²) in [6.07, 6.45) is 1.10. The Bertz CT molecular complexity index is 407. The van der Waals surface area contributed by atoms with Crippen LogP contribution in [0.5, 0.6) is 0 Å². The molecule has 1 fully saturated rings. The summed E-state index contributed by atoms with van der Waals surface area (Å²) in [6, 6.07) is 1.88. The van der Waals surface area contributed by atoms with E-state index in [-0.39, 0.29) is 16.0 Å². The van der Waals surface area contributed by atoms with Crippen molar-refractivity contribution in [3.05, 3.63) is 27.1 Å². The number of rotatable bonds is 3. The third-order valence-electron chi connectivity index (χ3n) is 3.33. The van der Waals surface area contributed by atoms with Gasteiger partial charge in [-0.25, -0.2) is 0 Å². The van der Waals surface area contributed by atoms with Gasteiger partial charge in [0.2, 0.25) is 0 Å². The highest BCUT2D eigenvalue weighted by Crippen LogP contribution is 2.25. The number of hydrogen-bond acceptors (Lipinski definition) is 5. The summed E-state index contributed by atoms with van der Waals surface area (Å²) in [5, 5.41) is 12.7. The van der Waals surface area contributed by atoms with Gasteiger partial charge in [-0.05, 0) is 24.4 Å². The van der Waals surface area contributed by atoms with Gasteiger partial charge in [-0.3, -0.25) is 15.0 Å². The van der Waals surface area contributed by atoms with E-state index in [4.69, 9.17) is 5.73 Å². The fraction of sp³-hybridized carbons (Fsp3) is 0.636. The maximum absolute atomic E-state index is 10.6. The molecular formula is C11H17N3O2S. The molecular weight excluding hydrogens is 238 g/mol. The lowest BCUT2D eigenvalue weighted by Gasteiger charge is -2.34. The van der Waals surface area contributed by atoms with E-state index < -0.39 is 0 Å². The molecule has 0 saturated carbocycles. The maximum atomic E-state index is 10.6. The fourth-order valence-corrected chi connectivity index (χ4v) is 2.83. The molecule has 2 unspecified atom stereocenters. The number of nitro groups is 1. The van der Waals surface area contributed by atoms with Crippen LogP contribution < -0.4 is 5.73 Å². The SMILES string of the molecule is CC1CCN(Cc2csc([N+](=O)[O-])c2)CC1N. The minimum atomic E-state index is -0.335. The Morgan fingerprint density at radius 3 is 3.06 bits per heavy atom. The van der Waals surface area contributed by atoms with E-state index in [1.807, 2.05) is 5.38 Å². The summed E-state index contributed by atoms with van der Waals surface area (Å²) < 4.78 is 0. The average Bonchev–Trinajstić information content (AvgIpc) is 2.72. The van der Waals surface area contributed by atoms with Gasteiger partial charge in [0.1, 0.15) is 0 Å². The molecule has 0 radical (unpaired) electrons. The van der Waals surface area contributed by atoms with Crippen molar-refractivity contribution >= 4 is 16.3 Å². The molecule has 94 valence electrons. The zero-order valence-corrected chi connectivity index (χ0v) is 10.7. The van der Waals surface area contributed by atoms with Gasteiger partial charge in [0, 0.05) is 30.6 Å². The number of piperidine rings is 1. The van der Waals surface area contributed by atoms with Crippen molar-refractivity contribution in [3.8, 4) is 0 Å². The zero-order valence-electron chi connectivity index (χ0n) is 9.83. The molecule has 2 N–H and O–H groups in total. The van der Waals surface area contributed by atoms with E-state index in [2.05, 4.69) is 11.8 Å². The molecule has 5 nitrogen and oxygen atoms in total. The van der Waals surface area contributed by atoms with Crippen LogP contribution in [0.2, 0.25) is 0 Å². The highest BCUT2D eigenvalue weighted by atomic mass is 32.1. The molecule has 0 amide bonds. The van der Waals surface area contributed by atoms with Crippen LogP contribution >= 0.6 is 11.3 Å². The first kappa shape index (κ1) is 12.5. The molecule has 0 bridgehead atoms. The summed E-state index contributed by atoms with van der Waals surface area (Å²) in [5.74, 6) is 0.572. The zero-order chi connectivity index (χ0) is 12.4. The summed E-state index contributed by atoms with van der Waals surface area (Å²) in [6.45, 7) is 4.85. The van der Waals surface area contributed by atoms with Gasteiger partial charge in [-0.2, -0.15) is 0 Å². The lowest BCUT2D eigenvalue weighted by atomic mass is 9.94. The van der Waals surface area contributed by atoms with Crippen LogP contribution in [0.1, 0.15) is 18.9 Å². The number of thiophene rings is 1. The molecule has 2 heterocycles. The number of likely N-dealkylation sites (tertiary alicyclic amines) is 1. The lowest BCUT2D eigenvalue weighted by molar-refractivity contribution is -0.380. The Morgan fingerprint density at radius 2 is 2.47 bits per heavy atom. The van der Waals surface area contributed by atoms with Crippen molar-refractivity contribution in [2.45, 2.75) is 25.9 Å². The topological polar surface area (TPSA) is 72.4 Å². The Labute approximate surface area is 104 Å². The van der Waals surface area contributed by atoms with Crippen LogP contribution in [-0.4, -0.2) is 29.0 Å². The molecule has 0 aromatic carbocycles. The smallest absolute Gasteiger partial charge is 0.324 e. The summed E-state index contributed by atoms with van der Waals surface area (Å²) >= 11 is 1.19. The predicted molar refractivity (Wildman–Crippen MR) is 68.0 cm³/mol. The first-order valence-electron chi connectivity index (χ1n) is 5.76. The first-order valence-corrected chi connectivity index (χ1v) is 6.64. The van der Waals surface area contributed by atoms with Crippen molar-refractivity contribution < 1.29 is 4.92 Å². The summed E-state index contributed by atoms with van der Waals surface area (Å²) in [5.41, 5.74) is 7.05. The van der Waals surface area contributed by atoms with E-state index in [0.29, 0.717) is 5.92 Å². The minimum Gasteiger partial charge on any atom is -0.326 e. The number of hydrogen-bond donors (Lipinski definition) is 1. The standard InChI is InChI=1S/C11H17N3O2S/c1-8-2-3-13(6-10(8)12)5-9-4-11(14(15)16)17-7-9/h4,7-8,10H,2-3,5-6,12H2,1H3. The number of nitrogens with two attached hydrogens (primary N) is 1. The second-order valence-corrected chi connectivity index (χ2v) is 5.60. The number of nitrogens with zero attached hydrogens (tertiary/aromatic N) is 2. The normalized spacial score (nSPS) is 26.0. The monoisotopic (exact) mass is 255 g/mol. The quantitative estimate of drug-likeness (QED) is 0.660. The van der Waals surface area contributed by atoms with Crippen molar-refractivity contribution in [2.24, 2.45) is 11.7 Å². The highest BCUT2D eigenvalue weighted by Gasteiger charge is 2.23. The molecule has 1 aliphatic heterocycles. The largest absolute Gasteiger partial charge is 0.326 e. The van der Waals surface area contributed by atoms with Crippen LogP contribution in [0.4, 0.5) is 5.00 Å². The van der Waals surface area contributed by atoms with E-state index in [1.54, 1.807) is 6.07 Å². The molecule has 0 spiro atoms. The van der Waals surface area contributed by atoms with Crippen LogP contribution in [0.3, 0.4) is 0 Å². The highest BCUT2D eigenvalue weighted by molar-refractivity contribution is 7.13. The molecule has 17 heavy (non-hydrogen) atoms. The van der Waals surface area contributed by atoms with Crippen LogP contribution in [0, 0.1) is 16.0 Å². The molecule has 2 rings (SSSR count). The van der Waals surface area contributed by atoms with Gasteiger partial charge in [-0.1, -0.05) is 18.3 Å². The Kier molecular flexibility index (Phi) is 3.76. The van der Waals surface area contributed by atoms with Gasteiger partial charge in [0.05, 0.1) is 4.92 Å². The van der Waals surface area contributed by atoms with E-state index in [9.17, 15) is 10.1 Å². The Hall–Kier alpha value is -0.980. The molecule has 2 atom stereocenters. The van der Waals surface area contributed by atoms with E-state index in [0.717, 1.165) is 31.6 Å². The molecule has 1 aromatic rings. The Balaban J connectivity index is 1.94. The molecule has 1 aliphatic rings. The minimum absolute atomic E-state index is 0.217. The average molecular weight is 255 g/mol. The van der Waals surface area contributed by atoms with Crippen LogP contribution in [0.15, 0.2) is 11.4 Å². The van der Waals surface area contributed by atoms with Crippen molar-refractivity contribution in [1.29, 1.82) is 0 Å². The summed E-state index contributed by atoms with van der Waals surface area (Å²) in [4.78, 5) is 12.5. The van der Waals surface area contributed by atoms with Gasteiger partial charge in [-0.15, -0.1) is 0 Å². The predicted octanol–water partition coefficient (Wildman–Crippen LogP) is 1.83. The van der Waals surface area contributed by atoms with Crippen molar-refractivity contribution in [2.75, 3.05) is 13.1 Å². The van der Waals surface area contributed by atoms with Gasteiger partial charge in [0.25, 0.3) is 0 Å². The fourth-order valence-electron chi connectivity index (χ4n) is 2.11. The molecule has 6 heteroatoms. The second-order valence-electron chi connectivity index (χ2n) is 4.72. The van der Waals surface area contributed by atoms with E-state index >= 15 is 0 Å². The first-order chi connectivity index (χ1) is 8.06. The van der Waals surface area contributed by atoms with Crippen LogP contribution in [0.25, 0.3) is 0 Å². The lowest BCUT2D eigenvalue weighted by Crippen LogP contribution is -2.47. The van der Waals surface area contributed by atoms with Gasteiger partial charge < -0.3 is 5.73 Å². The summed E-state index contributed by atoms with van der Waals surface area (Å²) in [7, 11) is 0.